The molecule has 0 radical (unpaired) electrons. The third-order valence-electron chi connectivity index (χ3n) is 5.36. The van der Waals surface area contributed by atoms with Crippen LogP contribution in [0.15, 0.2) is 53.7 Å². The molecular formula is C22H24N6O6S. The van der Waals surface area contributed by atoms with Gasteiger partial charge in [-0.2, -0.15) is 4.31 Å². The van der Waals surface area contributed by atoms with Crippen molar-refractivity contribution in [3.8, 4) is 11.5 Å². The maximum Gasteiger partial charge on any atom is 0.353 e. The first-order valence-electron chi connectivity index (χ1n) is 10.8. The molecule has 13 heteroatoms. The molecule has 2 aromatic carbocycles. The average molecular weight is 501 g/mol. The number of benzene rings is 2. The Morgan fingerprint density at radius 1 is 1.03 bits per heavy atom. The number of fused-ring (bicyclic) bond motifs is 1. The predicted octanol–water partition coefficient (Wildman–Crippen LogP) is 3.50. The number of nitrogens with zero attached hydrogens (tertiary/aromatic N) is 4. The summed E-state index contributed by atoms with van der Waals surface area (Å²) >= 11 is 0. The fraction of sp³-hybridized carbons (Fsp3) is 0.273. The molecule has 0 aliphatic carbocycles. The van der Waals surface area contributed by atoms with E-state index < -0.39 is 14.9 Å². The summed E-state index contributed by atoms with van der Waals surface area (Å²) in [4.78, 5) is 19.4. The van der Waals surface area contributed by atoms with Crippen molar-refractivity contribution in [3.63, 3.8) is 0 Å². The van der Waals surface area contributed by atoms with Crippen LogP contribution in [0.5, 0.6) is 11.5 Å². The summed E-state index contributed by atoms with van der Waals surface area (Å²) < 4.78 is 37.4. The average Bonchev–Trinajstić information content (AvgIpc) is 3.31. The molecule has 0 bridgehead atoms. The van der Waals surface area contributed by atoms with Crippen LogP contribution in [0.25, 0.3) is 0 Å². The summed E-state index contributed by atoms with van der Waals surface area (Å²) in [6, 6.07) is 11.3. The number of nitro groups is 1. The zero-order valence-electron chi connectivity index (χ0n) is 19.1. The highest BCUT2D eigenvalue weighted by molar-refractivity contribution is 7.89. The molecule has 35 heavy (non-hydrogen) atoms. The molecular weight excluding hydrogens is 476 g/mol. The third-order valence-corrected chi connectivity index (χ3v) is 7.43. The molecule has 0 fully saturated rings. The molecule has 1 aliphatic rings. The van der Waals surface area contributed by atoms with Crippen molar-refractivity contribution in [2.24, 2.45) is 0 Å². The summed E-state index contributed by atoms with van der Waals surface area (Å²) in [5.74, 6) is 1.25. The molecule has 0 atom stereocenters. The molecule has 3 aromatic rings. The van der Waals surface area contributed by atoms with Gasteiger partial charge in [0.05, 0.1) is 9.82 Å². The Kier molecular flexibility index (Phi) is 6.98. The van der Waals surface area contributed by atoms with Crippen LogP contribution in [0.3, 0.4) is 0 Å². The highest BCUT2D eigenvalue weighted by Crippen LogP contribution is 2.34. The van der Waals surface area contributed by atoms with Gasteiger partial charge in [-0.3, -0.25) is 10.1 Å². The van der Waals surface area contributed by atoms with Crippen molar-refractivity contribution < 1.29 is 22.8 Å². The van der Waals surface area contributed by atoms with E-state index in [1.165, 1.54) is 34.9 Å². The molecule has 0 saturated carbocycles. The number of aromatic nitrogens is 2. The van der Waals surface area contributed by atoms with Gasteiger partial charge in [-0.25, -0.2) is 18.4 Å². The minimum atomic E-state index is -3.61. The van der Waals surface area contributed by atoms with E-state index in [0.29, 0.717) is 30.3 Å². The number of rotatable bonds is 10. The number of hydrogen-bond acceptors (Lipinski definition) is 10. The van der Waals surface area contributed by atoms with Gasteiger partial charge < -0.3 is 20.1 Å². The van der Waals surface area contributed by atoms with E-state index in [1.807, 2.05) is 6.07 Å². The molecule has 2 N–H and O–H groups in total. The van der Waals surface area contributed by atoms with E-state index in [0.717, 1.165) is 5.56 Å². The van der Waals surface area contributed by atoms with Crippen molar-refractivity contribution in [2.45, 2.75) is 25.3 Å². The van der Waals surface area contributed by atoms with Crippen LogP contribution in [-0.2, 0) is 16.6 Å². The monoisotopic (exact) mass is 500 g/mol. The number of ether oxygens (including phenoxy) is 2. The van der Waals surface area contributed by atoms with Crippen molar-refractivity contribution in [1.29, 1.82) is 0 Å². The molecule has 4 rings (SSSR count). The van der Waals surface area contributed by atoms with E-state index in [4.69, 9.17) is 9.47 Å². The lowest BCUT2D eigenvalue weighted by Gasteiger charge is -2.18. The lowest BCUT2D eigenvalue weighted by molar-refractivity contribution is -0.383. The van der Waals surface area contributed by atoms with Crippen molar-refractivity contribution in [3.05, 3.63) is 64.5 Å². The molecule has 0 amide bonds. The zero-order valence-corrected chi connectivity index (χ0v) is 19.9. The quantitative estimate of drug-likeness (QED) is 0.313. The Bertz CT molecular complexity index is 1330. The van der Waals surface area contributed by atoms with Gasteiger partial charge in [0.1, 0.15) is 6.33 Å². The first-order chi connectivity index (χ1) is 16.8. The Labute approximate surface area is 202 Å². The second-order valence-electron chi connectivity index (χ2n) is 7.46. The van der Waals surface area contributed by atoms with Crippen LogP contribution in [-0.4, -0.2) is 47.5 Å². The van der Waals surface area contributed by atoms with Crippen LogP contribution in [0, 0.1) is 10.1 Å². The minimum Gasteiger partial charge on any atom is -0.454 e. The second-order valence-corrected chi connectivity index (χ2v) is 9.39. The Hall–Kier alpha value is -3.97. The van der Waals surface area contributed by atoms with Gasteiger partial charge in [-0.15, -0.1) is 0 Å². The van der Waals surface area contributed by atoms with E-state index in [-0.39, 0.29) is 35.6 Å². The van der Waals surface area contributed by atoms with Crippen molar-refractivity contribution >= 4 is 33.0 Å². The van der Waals surface area contributed by atoms with Crippen LogP contribution in [0.4, 0.5) is 23.0 Å². The van der Waals surface area contributed by atoms with Crippen LogP contribution in [0.2, 0.25) is 0 Å². The van der Waals surface area contributed by atoms with E-state index in [9.17, 15) is 18.5 Å². The Morgan fingerprint density at radius 2 is 1.71 bits per heavy atom. The van der Waals surface area contributed by atoms with Gasteiger partial charge in [0, 0.05) is 25.3 Å². The molecule has 1 aliphatic heterocycles. The van der Waals surface area contributed by atoms with Crippen molar-refractivity contribution in [1.82, 2.24) is 14.3 Å². The summed E-state index contributed by atoms with van der Waals surface area (Å²) in [5.41, 5.74) is 0.918. The minimum absolute atomic E-state index is 0.0301. The fourth-order valence-corrected chi connectivity index (χ4v) is 5.03. The SMILES string of the molecule is CCN(CC)S(=O)(=O)c1ccc(Nc2ncnc(NCc3ccc4c(c3)OCO4)c2[N+](=O)[O-])cc1. The Morgan fingerprint density at radius 3 is 2.40 bits per heavy atom. The van der Waals surface area contributed by atoms with Gasteiger partial charge in [0.15, 0.2) is 11.5 Å². The maximum absolute atomic E-state index is 12.7. The number of nitrogens with one attached hydrogen (secondary N) is 2. The summed E-state index contributed by atoms with van der Waals surface area (Å²) in [6.07, 6.45) is 1.20. The lowest BCUT2D eigenvalue weighted by Crippen LogP contribution is -2.30. The standard InChI is InChI=1S/C22H24N6O6S/c1-3-27(4-2)35(31,32)17-8-6-16(7-9-17)26-22-20(28(29)30)21(24-13-25-22)23-12-15-5-10-18-19(11-15)34-14-33-18/h5-11,13H,3-4,12,14H2,1-2H3,(H2,23,24,25,26). The largest absolute Gasteiger partial charge is 0.454 e. The Balaban J connectivity index is 1.53. The highest BCUT2D eigenvalue weighted by Gasteiger charge is 2.24. The van der Waals surface area contributed by atoms with Gasteiger partial charge in [0.25, 0.3) is 0 Å². The van der Waals surface area contributed by atoms with E-state index in [1.54, 1.807) is 26.0 Å². The molecule has 2 heterocycles. The van der Waals surface area contributed by atoms with Gasteiger partial charge in [-0.05, 0) is 42.0 Å². The normalized spacial score (nSPS) is 12.5. The fourth-order valence-electron chi connectivity index (χ4n) is 3.57. The summed E-state index contributed by atoms with van der Waals surface area (Å²) in [7, 11) is -3.61. The first kappa shape index (κ1) is 24.2. The molecule has 184 valence electrons. The topological polar surface area (TPSA) is 149 Å². The first-order valence-corrected chi connectivity index (χ1v) is 12.3. The van der Waals surface area contributed by atoms with Crippen LogP contribution in [0.1, 0.15) is 19.4 Å². The second kappa shape index (κ2) is 10.1. The number of sulfonamides is 1. The van der Waals surface area contributed by atoms with Gasteiger partial charge >= 0.3 is 5.69 Å². The van der Waals surface area contributed by atoms with Gasteiger partial charge in [0.2, 0.25) is 28.5 Å². The molecule has 0 spiro atoms. The smallest absolute Gasteiger partial charge is 0.353 e. The van der Waals surface area contributed by atoms with Crippen molar-refractivity contribution in [2.75, 3.05) is 30.5 Å². The molecule has 0 unspecified atom stereocenters. The highest BCUT2D eigenvalue weighted by atomic mass is 32.2. The summed E-state index contributed by atoms with van der Waals surface area (Å²) in [5, 5.41) is 17.7. The van der Waals surface area contributed by atoms with Gasteiger partial charge in [-0.1, -0.05) is 19.9 Å². The number of anilines is 3. The maximum atomic E-state index is 12.7. The molecule has 0 saturated heterocycles. The van der Waals surface area contributed by atoms with Crippen LogP contribution < -0.4 is 20.1 Å². The number of hydrogen-bond donors (Lipinski definition) is 2. The molecule has 12 nitrogen and oxygen atoms in total. The van der Waals surface area contributed by atoms with E-state index in [2.05, 4.69) is 20.6 Å². The zero-order chi connectivity index (χ0) is 25.0. The molecule has 1 aromatic heterocycles. The summed E-state index contributed by atoms with van der Waals surface area (Å²) in [6.45, 7) is 4.65. The lowest BCUT2D eigenvalue weighted by atomic mass is 10.2. The predicted molar refractivity (Wildman–Crippen MR) is 128 cm³/mol. The third kappa shape index (κ3) is 5.10. The van der Waals surface area contributed by atoms with Crippen LogP contribution >= 0.6 is 0 Å². The van der Waals surface area contributed by atoms with E-state index >= 15 is 0 Å².